The van der Waals surface area contributed by atoms with Crippen molar-refractivity contribution in [3.63, 3.8) is 0 Å². The number of carbonyl (C=O) groups excluding carboxylic acids is 3. The molecule has 0 unspecified atom stereocenters. The van der Waals surface area contributed by atoms with Crippen molar-refractivity contribution < 1.29 is 19.1 Å². The second-order valence-corrected chi connectivity index (χ2v) is 6.21. The van der Waals surface area contributed by atoms with Crippen molar-refractivity contribution in [1.82, 2.24) is 10.2 Å². The van der Waals surface area contributed by atoms with Crippen molar-refractivity contribution >= 4 is 35.1 Å². The van der Waals surface area contributed by atoms with Crippen LogP contribution in [-0.4, -0.2) is 35.8 Å². The van der Waals surface area contributed by atoms with E-state index < -0.39 is 11.9 Å². The highest BCUT2D eigenvalue weighted by atomic mass is 35.5. The smallest absolute Gasteiger partial charge is 0.345 e. The first-order valence-corrected chi connectivity index (χ1v) is 8.64. The highest BCUT2D eigenvalue weighted by molar-refractivity contribution is 6.30. The molecule has 2 aliphatic heterocycles. The van der Waals surface area contributed by atoms with Crippen LogP contribution in [0.1, 0.15) is 19.8 Å². The number of rotatable bonds is 4. The van der Waals surface area contributed by atoms with E-state index in [1.165, 1.54) is 11.1 Å². The summed E-state index contributed by atoms with van der Waals surface area (Å²) in [6, 6.07) is 6.76. The molecule has 0 aromatic heterocycles. The maximum Gasteiger partial charge on any atom is 0.345 e. The molecule has 2 aliphatic rings. The van der Waals surface area contributed by atoms with Gasteiger partial charge in [-0.2, -0.15) is 0 Å². The van der Waals surface area contributed by atoms with E-state index in [1.54, 1.807) is 31.2 Å². The molecule has 7 nitrogen and oxygen atoms in total. The number of ether oxygens (including phenoxy) is 1. The number of nitrogens with one attached hydrogen (secondary N) is 2. The van der Waals surface area contributed by atoms with Crippen LogP contribution >= 0.6 is 11.6 Å². The Morgan fingerprint density at radius 1 is 1.31 bits per heavy atom. The van der Waals surface area contributed by atoms with Gasteiger partial charge in [0.05, 0.1) is 12.2 Å². The Kier molecular flexibility index (Phi) is 5.27. The third-order valence-corrected chi connectivity index (χ3v) is 4.32. The number of anilines is 1. The maximum absolute atomic E-state index is 12.6. The summed E-state index contributed by atoms with van der Waals surface area (Å²) in [6.45, 7) is 2.28. The molecule has 26 heavy (non-hydrogen) atoms. The van der Waals surface area contributed by atoms with E-state index in [1.807, 2.05) is 0 Å². The molecule has 2 amide bonds. The lowest BCUT2D eigenvalue weighted by atomic mass is 10.0. The standard InChI is InChI=1S/C18H18ClN3O4/c1-2-26-18(25)14-10-20-15-13(4-3-9-22(15)17(14)24)16(23)21-12-7-5-11(19)6-8-12/h5-8,10,20H,2-4,9H2,1H3,(H,21,23). The normalized spacial score (nSPS) is 16.5. The summed E-state index contributed by atoms with van der Waals surface area (Å²) in [6.07, 6.45) is 2.44. The molecule has 1 aromatic rings. The van der Waals surface area contributed by atoms with Gasteiger partial charge < -0.3 is 15.4 Å². The van der Waals surface area contributed by atoms with Crippen LogP contribution in [0.2, 0.25) is 5.02 Å². The predicted molar refractivity (Wildman–Crippen MR) is 95.9 cm³/mol. The fraction of sp³-hybridized carbons (Fsp3) is 0.278. The number of esters is 1. The zero-order chi connectivity index (χ0) is 18.7. The largest absolute Gasteiger partial charge is 0.462 e. The molecular weight excluding hydrogens is 358 g/mol. The summed E-state index contributed by atoms with van der Waals surface area (Å²) in [4.78, 5) is 38.5. The second kappa shape index (κ2) is 7.61. The molecule has 1 aromatic carbocycles. The third-order valence-electron chi connectivity index (χ3n) is 4.06. The predicted octanol–water partition coefficient (Wildman–Crippen LogP) is 2.16. The van der Waals surface area contributed by atoms with Crippen molar-refractivity contribution in [1.29, 1.82) is 0 Å². The van der Waals surface area contributed by atoms with Gasteiger partial charge in [0.2, 0.25) is 0 Å². The average Bonchev–Trinajstić information content (AvgIpc) is 2.63. The lowest BCUT2D eigenvalue weighted by Gasteiger charge is -2.34. The number of hydrogen-bond donors (Lipinski definition) is 2. The van der Waals surface area contributed by atoms with Gasteiger partial charge in [0, 0.05) is 23.5 Å². The number of fused-ring (bicyclic) bond motifs is 1. The lowest BCUT2D eigenvalue weighted by molar-refractivity contribution is -0.142. The van der Waals surface area contributed by atoms with Gasteiger partial charge in [-0.1, -0.05) is 11.6 Å². The van der Waals surface area contributed by atoms with Crippen LogP contribution in [0.15, 0.2) is 47.4 Å². The molecule has 0 bridgehead atoms. The lowest BCUT2D eigenvalue weighted by Crippen LogP contribution is -2.46. The fourth-order valence-electron chi connectivity index (χ4n) is 2.84. The molecule has 0 spiro atoms. The maximum atomic E-state index is 12.6. The van der Waals surface area contributed by atoms with Gasteiger partial charge in [0.25, 0.3) is 11.8 Å². The van der Waals surface area contributed by atoms with Crippen LogP contribution in [0.4, 0.5) is 5.69 Å². The zero-order valence-corrected chi connectivity index (χ0v) is 14.9. The molecule has 2 heterocycles. The fourth-order valence-corrected chi connectivity index (χ4v) is 2.96. The number of benzene rings is 1. The van der Waals surface area contributed by atoms with E-state index in [0.29, 0.717) is 41.5 Å². The average molecular weight is 376 g/mol. The Bertz CT molecular complexity index is 814. The van der Waals surface area contributed by atoms with Crippen molar-refractivity contribution in [2.75, 3.05) is 18.5 Å². The van der Waals surface area contributed by atoms with Crippen LogP contribution in [0.3, 0.4) is 0 Å². The van der Waals surface area contributed by atoms with E-state index in [-0.39, 0.29) is 18.1 Å². The molecule has 8 heteroatoms. The molecule has 0 aliphatic carbocycles. The first-order valence-electron chi connectivity index (χ1n) is 8.27. The number of hydrogen-bond acceptors (Lipinski definition) is 5. The van der Waals surface area contributed by atoms with Crippen molar-refractivity contribution in [2.24, 2.45) is 0 Å². The third kappa shape index (κ3) is 3.57. The topological polar surface area (TPSA) is 87.7 Å². The SMILES string of the molecule is CCOC(=O)C1=CNC2=C(C(=O)Nc3ccc(Cl)cc3)CCCN2C1=O. The van der Waals surface area contributed by atoms with Crippen molar-refractivity contribution in [3.8, 4) is 0 Å². The van der Waals surface area contributed by atoms with Gasteiger partial charge in [-0.25, -0.2) is 4.79 Å². The number of nitrogens with zero attached hydrogens (tertiary/aromatic N) is 1. The summed E-state index contributed by atoms with van der Waals surface area (Å²) >= 11 is 5.85. The Morgan fingerprint density at radius 2 is 2.04 bits per heavy atom. The minimum Gasteiger partial charge on any atom is -0.462 e. The number of amides is 2. The number of carbonyl (C=O) groups is 3. The summed E-state index contributed by atoms with van der Waals surface area (Å²) in [7, 11) is 0. The molecule has 3 rings (SSSR count). The Hall–Kier alpha value is -2.80. The highest BCUT2D eigenvalue weighted by Gasteiger charge is 2.35. The first kappa shape index (κ1) is 18.0. The van der Waals surface area contributed by atoms with Gasteiger partial charge in [0.15, 0.2) is 0 Å². The van der Waals surface area contributed by atoms with Gasteiger partial charge in [-0.3, -0.25) is 14.5 Å². The Balaban J connectivity index is 1.84. The molecule has 0 fully saturated rings. The van der Waals surface area contributed by atoms with Crippen LogP contribution < -0.4 is 10.6 Å². The van der Waals surface area contributed by atoms with Crippen molar-refractivity contribution in [3.05, 3.63) is 52.5 Å². The van der Waals surface area contributed by atoms with Crippen LogP contribution in [0.25, 0.3) is 0 Å². The Morgan fingerprint density at radius 3 is 2.73 bits per heavy atom. The number of halogens is 1. The molecular formula is C18H18ClN3O4. The summed E-state index contributed by atoms with van der Waals surface area (Å²) in [5, 5.41) is 6.28. The highest BCUT2D eigenvalue weighted by Crippen LogP contribution is 2.26. The molecule has 2 N–H and O–H groups in total. The molecule has 136 valence electrons. The summed E-state index contributed by atoms with van der Waals surface area (Å²) in [5.74, 6) is -1.04. The summed E-state index contributed by atoms with van der Waals surface area (Å²) < 4.78 is 4.89. The van der Waals surface area contributed by atoms with Crippen molar-refractivity contribution in [2.45, 2.75) is 19.8 Å². The quantitative estimate of drug-likeness (QED) is 0.622. The van der Waals surface area contributed by atoms with E-state index in [0.717, 1.165) is 0 Å². The van der Waals surface area contributed by atoms with Gasteiger partial charge in [-0.05, 0) is 44.0 Å². The minimum atomic E-state index is -0.679. The van der Waals surface area contributed by atoms with Gasteiger partial charge >= 0.3 is 5.97 Å². The van der Waals surface area contributed by atoms with Crippen LogP contribution in [0.5, 0.6) is 0 Å². The first-order chi connectivity index (χ1) is 12.5. The molecule has 0 saturated carbocycles. The molecule has 0 saturated heterocycles. The zero-order valence-electron chi connectivity index (χ0n) is 14.2. The molecule has 0 radical (unpaired) electrons. The Labute approximate surface area is 155 Å². The monoisotopic (exact) mass is 375 g/mol. The van der Waals surface area contributed by atoms with Gasteiger partial charge in [0.1, 0.15) is 11.4 Å². The van der Waals surface area contributed by atoms with E-state index >= 15 is 0 Å². The van der Waals surface area contributed by atoms with E-state index in [2.05, 4.69) is 10.6 Å². The van der Waals surface area contributed by atoms with Crippen LogP contribution in [-0.2, 0) is 19.1 Å². The van der Waals surface area contributed by atoms with E-state index in [9.17, 15) is 14.4 Å². The van der Waals surface area contributed by atoms with E-state index in [4.69, 9.17) is 16.3 Å². The summed E-state index contributed by atoms with van der Waals surface area (Å²) in [5.41, 5.74) is 0.989. The van der Waals surface area contributed by atoms with Crippen LogP contribution in [0, 0.1) is 0 Å². The molecule has 0 atom stereocenters. The van der Waals surface area contributed by atoms with Gasteiger partial charge in [-0.15, -0.1) is 0 Å². The minimum absolute atomic E-state index is 0.0741. The second-order valence-electron chi connectivity index (χ2n) is 5.77.